The molecular formula is C14H14BrN3OS. The van der Waals surface area contributed by atoms with Gasteiger partial charge in [-0.1, -0.05) is 6.07 Å². The van der Waals surface area contributed by atoms with Crippen LogP contribution in [0, 0.1) is 0 Å². The van der Waals surface area contributed by atoms with Crippen LogP contribution in [0.15, 0.2) is 33.4 Å². The third kappa shape index (κ3) is 2.46. The molecule has 0 radical (unpaired) electrons. The molecule has 0 aliphatic carbocycles. The number of nitrogens with one attached hydrogen (secondary N) is 1. The van der Waals surface area contributed by atoms with Crippen molar-refractivity contribution >= 4 is 44.5 Å². The van der Waals surface area contributed by atoms with Gasteiger partial charge in [-0.25, -0.2) is 0 Å². The summed E-state index contributed by atoms with van der Waals surface area (Å²) in [7, 11) is 2.03. The summed E-state index contributed by atoms with van der Waals surface area (Å²) in [6, 6.07) is 7.47. The highest BCUT2D eigenvalue weighted by molar-refractivity contribution is 9.11. The summed E-state index contributed by atoms with van der Waals surface area (Å²) in [5.41, 5.74) is 9.81. The molecule has 104 valence electrons. The topological polar surface area (TPSA) is 58.4 Å². The van der Waals surface area contributed by atoms with Crippen molar-refractivity contribution in [3.63, 3.8) is 0 Å². The van der Waals surface area contributed by atoms with Crippen molar-refractivity contribution in [1.82, 2.24) is 0 Å². The maximum Gasteiger partial charge on any atom is 0.245 e. The molecule has 1 aliphatic heterocycles. The molecule has 2 aromatic rings. The quantitative estimate of drug-likeness (QED) is 0.893. The fourth-order valence-corrected chi connectivity index (χ4v) is 3.51. The number of carbonyl (C=O) groups excluding carboxylic acids is 1. The molecule has 4 nitrogen and oxygen atoms in total. The molecule has 3 rings (SSSR count). The molecule has 1 aliphatic rings. The maximum atomic E-state index is 11.6. The van der Waals surface area contributed by atoms with Crippen LogP contribution < -0.4 is 16.0 Å². The van der Waals surface area contributed by atoms with Crippen molar-refractivity contribution in [2.24, 2.45) is 5.73 Å². The second-order valence-electron chi connectivity index (χ2n) is 4.85. The number of rotatable bonds is 3. The molecule has 0 spiro atoms. The average molecular weight is 352 g/mol. The third-order valence-electron chi connectivity index (χ3n) is 3.39. The van der Waals surface area contributed by atoms with Crippen LogP contribution in [0.4, 0.5) is 11.4 Å². The minimum atomic E-state index is -0.544. The van der Waals surface area contributed by atoms with Crippen molar-refractivity contribution in [3.8, 4) is 0 Å². The van der Waals surface area contributed by atoms with E-state index in [-0.39, 0.29) is 5.91 Å². The zero-order valence-corrected chi connectivity index (χ0v) is 13.3. The molecule has 2 heterocycles. The van der Waals surface area contributed by atoms with Crippen molar-refractivity contribution in [2.45, 2.75) is 12.6 Å². The van der Waals surface area contributed by atoms with E-state index in [1.165, 1.54) is 5.56 Å². The standard InChI is InChI=1S/C14H14BrN3OS/c1-18(6-8-4-12(15)20-7-8)9-2-3-10-11(5-9)17-14(19)13(10)16/h2-5,7,13H,6,16H2,1H3,(H,17,19). The lowest BCUT2D eigenvalue weighted by Gasteiger charge is -2.19. The van der Waals surface area contributed by atoms with E-state index in [2.05, 4.69) is 37.6 Å². The second kappa shape index (κ2) is 5.20. The number of nitrogens with two attached hydrogens (primary N) is 1. The van der Waals surface area contributed by atoms with Gasteiger partial charge in [-0.3, -0.25) is 4.79 Å². The van der Waals surface area contributed by atoms with Gasteiger partial charge in [0.05, 0.1) is 3.79 Å². The molecule has 0 saturated carbocycles. The monoisotopic (exact) mass is 351 g/mol. The van der Waals surface area contributed by atoms with E-state index in [0.29, 0.717) is 0 Å². The molecule has 0 fully saturated rings. The van der Waals surface area contributed by atoms with Gasteiger partial charge in [-0.05, 0) is 45.1 Å². The van der Waals surface area contributed by atoms with E-state index in [1.54, 1.807) is 11.3 Å². The number of halogens is 1. The highest BCUT2D eigenvalue weighted by atomic mass is 79.9. The van der Waals surface area contributed by atoms with Crippen LogP contribution >= 0.6 is 27.3 Å². The number of hydrogen-bond donors (Lipinski definition) is 2. The Morgan fingerprint density at radius 3 is 2.95 bits per heavy atom. The maximum absolute atomic E-state index is 11.6. The Labute approximate surface area is 129 Å². The first-order valence-electron chi connectivity index (χ1n) is 6.19. The molecule has 3 N–H and O–H groups in total. The number of anilines is 2. The summed E-state index contributed by atoms with van der Waals surface area (Å²) in [6.07, 6.45) is 0. The van der Waals surface area contributed by atoms with Gasteiger partial charge in [-0.15, -0.1) is 11.3 Å². The van der Waals surface area contributed by atoms with Crippen molar-refractivity contribution in [2.75, 3.05) is 17.3 Å². The summed E-state index contributed by atoms with van der Waals surface area (Å²) in [5.74, 6) is -0.137. The Morgan fingerprint density at radius 2 is 2.25 bits per heavy atom. The molecule has 20 heavy (non-hydrogen) atoms. The van der Waals surface area contributed by atoms with Gasteiger partial charge >= 0.3 is 0 Å². The fraction of sp³-hybridized carbons (Fsp3) is 0.214. The van der Waals surface area contributed by atoms with E-state index in [0.717, 1.165) is 27.3 Å². The number of carbonyl (C=O) groups is 1. The van der Waals surface area contributed by atoms with Crippen molar-refractivity contribution in [3.05, 3.63) is 44.6 Å². The summed E-state index contributed by atoms with van der Waals surface area (Å²) in [6.45, 7) is 0.820. The molecule has 1 aromatic heterocycles. The number of fused-ring (bicyclic) bond motifs is 1. The Morgan fingerprint density at radius 1 is 1.45 bits per heavy atom. The van der Waals surface area contributed by atoms with Crippen molar-refractivity contribution < 1.29 is 4.79 Å². The smallest absolute Gasteiger partial charge is 0.245 e. The number of nitrogens with zero attached hydrogens (tertiary/aromatic N) is 1. The van der Waals surface area contributed by atoms with Gasteiger partial charge in [0.25, 0.3) is 0 Å². The lowest BCUT2D eigenvalue weighted by Crippen LogP contribution is -2.19. The number of hydrogen-bond acceptors (Lipinski definition) is 4. The van der Waals surface area contributed by atoms with Gasteiger partial charge in [0.15, 0.2) is 0 Å². The summed E-state index contributed by atoms with van der Waals surface area (Å²) in [4.78, 5) is 13.7. The predicted octanol–water partition coefficient (Wildman–Crippen LogP) is 3.10. The summed E-state index contributed by atoms with van der Waals surface area (Å²) in [5, 5.41) is 4.94. The second-order valence-corrected chi connectivity index (χ2v) is 7.14. The summed E-state index contributed by atoms with van der Waals surface area (Å²) < 4.78 is 1.13. The molecule has 1 atom stereocenters. The number of benzene rings is 1. The van der Waals surface area contributed by atoms with Gasteiger partial charge < -0.3 is 16.0 Å². The minimum Gasteiger partial charge on any atom is -0.370 e. The van der Waals surface area contributed by atoms with E-state index in [4.69, 9.17) is 5.73 Å². The van der Waals surface area contributed by atoms with Gasteiger partial charge in [0.1, 0.15) is 6.04 Å². The van der Waals surface area contributed by atoms with Crippen LogP contribution in [0.1, 0.15) is 17.2 Å². The minimum absolute atomic E-state index is 0.137. The van der Waals surface area contributed by atoms with Gasteiger partial charge in [0.2, 0.25) is 5.91 Å². The Hall–Kier alpha value is -1.37. The van der Waals surface area contributed by atoms with Gasteiger partial charge in [0, 0.05) is 30.5 Å². The molecule has 6 heteroatoms. The summed E-state index contributed by atoms with van der Waals surface area (Å²) >= 11 is 5.15. The SMILES string of the molecule is CN(Cc1csc(Br)c1)c1ccc2c(c1)NC(=O)C2N. The number of thiophene rings is 1. The highest BCUT2D eigenvalue weighted by Crippen LogP contribution is 2.33. The van der Waals surface area contributed by atoms with Crippen molar-refractivity contribution in [1.29, 1.82) is 0 Å². The Balaban J connectivity index is 1.81. The molecule has 0 bridgehead atoms. The molecule has 1 aromatic carbocycles. The zero-order chi connectivity index (χ0) is 14.3. The van der Waals surface area contributed by atoms with Crippen LogP contribution in [-0.2, 0) is 11.3 Å². The van der Waals surface area contributed by atoms with Crippen LogP contribution in [0.5, 0.6) is 0 Å². The third-order valence-corrected chi connectivity index (χ3v) is 4.95. The molecular weight excluding hydrogens is 338 g/mol. The van der Waals surface area contributed by atoms with E-state index < -0.39 is 6.04 Å². The van der Waals surface area contributed by atoms with E-state index in [9.17, 15) is 4.79 Å². The normalized spacial score (nSPS) is 16.9. The zero-order valence-electron chi connectivity index (χ0n) is 10.9. The Kier molecular flexibility index (Phi) is 3.54. The molecule has 0 saturated heterocycles. The lowest BCUT2D eigenvalue weighted by molar-refractivity contribution is -0.116. The Bertz CT molecular complexity index is 670. The average Bonchev–Trinajstić information content (AvgIpc) is 2.94. The van der Waals surface area contributed by atoms with Crippen LogP contribution in [0.25, 0.3) is 0 Å². The predicted molar refractivity (Wildman–Crippen MR) is 86.1 cm³/mol. The molecule has 1 amide bonds. The first-order valence-corrected chi connectivity index (χ1v) is 7.86. The fourth-order valence-electron chi connectivity index (χ4n) is 2.31. The van der Waals surface area contributed by atoms with Gasteiger partial charge in [-0.2, -0.15) is 0 Å². The number of amides is 1. The lowest BCUT2D eigenvalue weighted by atomic mass is 10.1. The van der Waals surface area contributed by atoms with Crippen LogP contribution in [0.2, 0.25) is 0 Å². The first-order chi connectivity index (χ1) is 9.54. The van der Waals surface area contributed by atoms with Crippen LogP contribution in [-0.4, -0.2) is 13.0 Å². The molecule has 1 unspecified atom stereocenters. The first kappa shape index (κ1) is 13.6. The van der Waals surface area contributed by atoms with Crippen LogP contribution in [0.3, 0.4) is 0 Å². The highest BCUT2D eigenvalue weighted by Gasteiger charge is 2.27. The largest absolute Gasteiger partial charge is 0.370 e. The van der Waals surface area contributed by atoms with E-state index in [1.807, 2.05) is 25.2 Å². The van der Waals surface area contributed by atoms with E-state index >= 15 is 0 Å².